The van der Waals surface area contributed by atoms with Crippen molar-refractivity contribution in [2.75, 3.05) is 13.1 Å². The van der Waals surface area contributed by atoms with Gasteiger partial charge in [0, 0.05) is 13.1 Å². The average Bonchev–Trinajstić information content (AvgIpc) is 2.78. The van der Waals surface area contributed by atoms with Gasteiger partial charge in [0.15, 0.2) is 5.03 Å². The Morgan fingerprint density at radius 3 is 2.83 bits per heavy atom. The van der Waals surface area contributed by atoms with E-state index in [4.69, 9.17) is 5.11 Å². The van der Waals surface area contributed by atoms with Crippen LogP contribution in [0.5, 0.6) is 0 Å². The van der Waals surface area contributed by atoms with Gasteiger partial charge in [-0.15, -0.1) is 6.58 Å². The smallest absolute Gasteiger partial charge is 0.340 e. The number of carbonyl (C=O) groups is 1. The molecule has 100 valence electrons. The van der Waals surface area contributed by atoms with Crippen LogP contribution >= 0.6 is 0 Å². The number of hydrogen-bond donors (Lipinski definition) is 2. The van der Waals surface area contributed by atoms with Gasteiger partial charge < -0.3 is 5.11 Å². The van der Waals surface area contributed by atoms with Gasteiger partial charge in [0.05, 0.1) is 6.20 Å². The minimum Gasteiger partial charge on any atom is -0.478 e. The number of carboxylic acid groups (broad SMARTS) is 1. The van der Waals surface area contributed by atoms with Crippen molar-refractivity contribution >= 4 is 16.0 Å². The number of aromatic nitrogens is 2. The number of carboxylic acids is 1. The number of nitrogens with one attached hydrogen (secondary N) is 1. The lowest BCUT2D eigenvalue weighted by Gasteiger charge is -2.19. The molecule has 0 saturated heterocycles. The van der Waals surface area contributed by atoms with E-state index in [1.807, 2.05) is 6.92 Å². The first-order valence-electron chi connectivity index (χ1n) is 5.32. The number of aromatic amines is 1. The molecule has 0 bridgehead atoms. The Balaban J connectivity index is 3.21. The Morgan fingerprint density at radius 2 is 2.33 bits per heavy atom. The highest BCUT2D eigenvalue weighted by Gasteiger charge is 2.29. The predicted octanol–water partition coefficient (Wildman–Crippen LogP) is 0.695. The molecule has 0 aliphatic carbocycles. The van der Waals surface area contributed by atoms with Crippen molar-refractivity contribution in [2.24, 2.45) is 0 Å². The molecule has 0 radical (unpaired) electrons. The summed E-state index contributed by atoms with van der Waals surface area (Å²) in [4.78, 5) is 10.9. The molecule has 2 N–H and O–H groups in total. The number of aromatic carboxylic acids is 1. The average molecular weight is 273 g/mol. The third-order valence-corrected chi connectivity index (χ3v) is 4.08. The molecule has 7 nitrogen and oxygen atoms in total. The Kier molecular flexibility index (Phi) is 4.62. The summed E-state index contributed by atoms with van der Waals surface area (Å²) in [6.07, 6.45) is 3.04. The van der Waals surface area contributed by atoms with Gasteiger partial charge in [0.2, 0.25) is 0 Å². The maximum atomic E-state index is 12.2. The van der Waals surface area contributed by atoms with Crippen molar-refractivity contribution in [3.8, 4) is 0 Å². The summed E-state index contributed by atoms with van der Waals surface area (Å²) >= 11 is 0. The first kappa shape index (κ1) is 14.4. The Hall–Kier alpha value is -1.67. The third kappa shape index (κ3) is 2.77. The fourth-order valence-electron chi connectivity index (χ4n) is 1.46. The van der Waals surface area contributed by atoms with Crippen LogP contribution in [0.2, 0.25) is 0 Å². The van der Waals surface area contributed by atoms with Crippen LogP contribution < -0.4 is 0 Å². The first-order chi connectivity index (χ1) is 8.45. The van der Waals surface area contributed by atoms with E-state index in [0.29, 0.717) is 6.42 Å². The quantitative estimate of drug-likeness (QED) is 0.711. The van der Waals surface area contributed by atoms with Crippen molar-refractivity contribution in [3.05, 3.63) is 24.4 Å². The van der Waals surface area contributed by atoms with Crippen LogP contribution in [0.3, 0.4) is 0 Å². The van der Waals surface area contributed by atoms with Gasteiger partial charge in [-0.25, -0.2) is 13.2 Å². The molecule has 1 aromatic heterocycles. The predicted molar refractivity (Wildman–Crippen MR) is 64.8 cm³/mol. The van der Waals surface area contributed by atoms with E-state index in [2.05, 4.69) is 16.8 Å². The molecule has 0 aliphatic heterocycles. The fourth-order valence-corrected chi connectivity index (χ4v) is 3.02. The van der Waals surface area contributed by atoms with Gasteiger partial charge >= 0.3 is 5.97 Å². The van der Waals surface area contributed by atoms with Crippen molar-refractivity contribution in [1.29, 1.82) is 0 Å². The van der Waals surface area contributed by atoms with Crippen LogP contribution in [0.1, 0.15) is 23.7 Å². The Labute approximate surface area is 105 Å². The molecule has 0 spiro atoms. The van der Waals surface area contributed by atoms with Gasteiger partial charge in [-0.3, -0.25) is 5.10 Å². The lowest BCUT2D eigenvalue weighted by atomic mass is 10.4. The van der Waals surface area contributed by atoms with Crippen molar-refractivity contribution < 1.29 is 18.3 Å². The van der Waals surface area contributed by atoms with Crippen LogP contribution in [0.25, 0.3) is 0 Å². The highest BCUT2D eigenvalue weighted by molar-refractivity contribution is 7.89. The minimum absolute atomic E-state index is 0.119. The molecule has 1 aromatic rings. The summed E-state index contributed by atoms with van der Waals surface area (Å²) in [6.45, 7) is 5.72. The topological polar surface area (TPSA) is 103 Å². The summed E-state index contributed by atoms with van der Waals surface area (Å²) < 4.78 is 25.6. The van der Waals surface area contributed by atoms with Crippen LogP contribution in [0, 0.1) is 0 Å². The third-order valence-electron chi connectivity index (χ3n) is 2.24. The number of H-pyrrole nitrogens is 1. The van der Waals surface area contributed by atoms with Crippen molar-refractivity contribution in [1.82, 2.24) is 14.5 Å². The fraction of sp³-hybridized carbons (Fsp3) is 0.400. The first-order valence-corrected chi connectivity index (χ1v) is 6.76. The number of sulfonamides is 1. The summed E-state index contributed by atoms with van der Waals surface area (Å²) in [5.74, 6) is -1.34. The monoisotopic (exact) mass is 273 g/mol. The van der Waals surface area contributed by atoms with Gasteiger partial charge in [-0.1, -0.05) is 13.0 Å². The van der Waals surface area contributed by atoms with Gasteiger partial charge in [-0.2, -0.15) is 9.40 Å². The zero-order valence-electron chi connectivity index (χ0n) is 9.96. The summed E-state index contributed by atoms with van der Waals surface area (Å²) in [5, 5.41) is 14.2. The van der Waals surface area contributed by atoms with E-state index in [0.717, 1.165) is 10.5 Å². The molecule has 0 saturated carbocycles. The molecule has 8 heteroatoms. The normalized spacial score (nSPS) is 11.7. The van der Waals surface area contributed by atoms with Gasteiger partial charge in [0.25, 0.3) is 10.0 Å². The Morgan fingerprint density at radius 1 is 1.67 bits per heavy atom. The zero-order chi connectivity index (χ0) is 13.8. The highest BCUT2D eigenvalue weighted by Crippen LogP contribution is 2.17. The second-order valence-corrected chi connectivity index (χ2v) is 5.44. The van der Waals surface area contributed by atoms with Gasteiger partial charge in [0.1, 0.15) is 5.56 Å². The van der Waals surface area contributed by atoms with Crippen molar-refractivity contribution in [3.63, 3.8) is 0 Å². The molecular formula is C10H15N3O4S. The number of hydrogen-bond acceptors (Lipinski definition) is 4. The van der Waals surface area contributed by atoms with E-state index >= 15 is 0 Å². The number of rotatable bonds is 7. The number of nitrogens with zero attached hydrogens (tertiary/aromatic N) is 2. The van der Waals surface area contributed by atoms with E-state index in [1.54, 1.807) is 0 Å². The van der Waals surface area contributed by atoms with E-state index in [1.165, 1.54) is 6.08 Å². The lowest BCUT2D eigenvalue weighted by Crippen LogP contribution is -2.33. The van der Waals surface area contributed by atoms with Crippen molar-refractivity contribution in [2.45, 2.75) is 18.4 Å². The molecule has 1 heterocycles. The molecule has 18 heavy (non-hydrogen) atoms. The Bertz CT molecular complexity index is 535. The van der Waals surface area contributed by atoms with Crippen LogP contribution in [0.4, 0.5) is 0 Å². The largest absolute Gasteiger partial charge is 0.478 e. The van der Waals surface area contributed by atoms with Gasteiger partial charge in [-0.05, 0) is 6.42 Å². The van der Waals surface area contributed by atoms with E-state index in [9.17, 15) is 13.2 Å². The molecule has 0 atom stereocenters. The molecule has 0 amide bonds. The molecule has 0 fully saturated rings. The maximum Gasteiger partial charge on any atom is 0.340 e. The van der Waals surface area contributed by atoms with Crippen LogP contribution in [-0.2, 0) is 10.0 Å². The lowest BCUT2D eigenvalue weighted by molar-refractivity contribution is 0.0692. The summed E-state index contributed by atoms with van der Waals surface area (Å²) in [7, 11) is -3.89. The standard InChI is InChI=1S/C10H15N3O4S/c1-3-5-13(6-4-2)18(16,17)9-8(10(14)15)7-11-12-9/h3,7H,1,4-6H2,2H3,(H,11,12)(H,14,15). The molecule has 0 unspecified atom stereocenters. The second-order valence-electron chi connectivity index (χ2n) is 3.57. The van der Waals surface area contributed by atoms with Crippen LogP contribution in [0.15, 0.2) is 23.9 Å². The molecule has 0 aliphatic rings. The molecular weight excluding hydrogens is 258 g/mol. The molecule has 0 aromatic carbocycles. The van der Waals surface area contributed by atoms with Crippen LogP contribution in [-0.4, -0.2) is 47.1 Å². The van der Waals surface area contributed by atoms with E-state index in [-0.39, 0.29) is 18.7 Å². The minimum atomic E-state index is -3.89. The van der Waals surface area contributed by atoms with E-state index < -0.39 is 21.0 Å². The zero-order valence-corrected chi connectivity index (χ0v) is 10.8. The maximum absolute atomic E-state index is 12.2. The highest BCUT2D eigenvalue weighted by atomic mass is 32.2. The summed E-state index contributed by atoms with van der Waals surface area (Å²) in [5.41, 5.74) is -0.361. The SMILES string of the molecule is C=CCN(CCC)S(=O)(=O)c1[nH]ncc1C(=O)O. The summed E-state index contributed by atoms with van der Waals surface area (Å²) in [6, 6.07) is 0. The second kappa shape index (κ2) is 5.78. The molecule has 1 rings (SSSR count).